The number of carbonyl (C=O) groups is 2. The molecule has 0 saturated carbocycles. The molecule has 1 aromatic heterocycles. The van der Waals surface area contributed by atoms with E-state index in [4.69, 9.17) is 0 Å². The summed E-state index contributed by atoms with van der Waals surface area (Å²) >= 11 is 0. The maximum absolute atomic E-state index is 13.6. The Morgan fingerprint density at radius 3 is 2.31 bits per heavy atom. The fourth-order valence-corrected chi connectivity index (χ4v) is 3.91. The van der Waals surface area contributed by atoms with Gasteiger partial charge in [0.1, 0.15) is 0 Å². The van der Waals surface area contributed by atoms with Crippen molar-refractivity contribution in [1.29, 1.82) is 0 Å². The van der Waals surface area contributed by atoms with Gasteiger partial charge in [0.05, 0.1) is 17.6 Å². The van der Waals surface area contributed by atoms with Crippen molar-refractivity contribution < 1.29 is 9.59 Å². The zero-order valence-corrected chi connectivity index (χ0v) is 18.4. The summed E-state index contributed by atoms with van der Waals surface area (Å²) in [5.74, 6) is -0.154. The summed E-state index contributed by atoms with van der Waals surface area (Å²) in [7, 11) is 3.49. The van der Waals surface area contributed by atoms with Crippen LogP contribution in [0.5, 0.6) is 0 Å². The normalized spacial score (nSPS) is 14.9. The lowest BCUT2D eigenvalue weighted by molar-refractivity contribution is -0.129. The molecule has 3 aromatic rings. The van der Waals surface area contributed by atoms with Crippen molar-refractivity contribution in [2.24, 2.45) is 0 Å². The number of fused-ring (bicyclic) bond motifs is 1. The number of likely N-dealkylation sites (N-methyl/N-ethyl adjacent to an activating group) is 1. The molecule has 0 unspecified atom stereocenters. The Morgan fingerprint density at radius 2 is 1.59 bits per heavy atom. The van der Waals surface area contributed by atoms with Crippen LogP contribution < -0.4 is 5.56 Å². The Balaban J connectivity index is 1.66. The van der Waals surface area contributed by atoms with E-state index in [1.807, 2.05) is 24.3 Å². The second-order valence-corrected chi connectivity index (χ2v) is 8.16. The van der Waals surface area contributed by atoms with Gasteiger partial charge in [-0.1, -0.05) is 36.4 Å². The van der Waals surface area contributed by atoms with Crippen LogP contribution in [0.2, 0.25) is 0 Å². The summed E-state index contributed by atoms with van der Waals surface area (Å²) in [6, 6.07) is 16.2. The van der Waals surface area contributed by atoms with E-state index >= 15 is 0 Å². The van der Waals surface area contributed by atoms with E-state index < -0.39 is 0 Å². The Morgan fingerprint density at radius 1 is 0.906 bits per heavy atom. The second-order valence-electron chi connectivity index (χ2n) is 8.16. The molecular weight excluding hydrogens is 406 g/mol. The van der Waals surface area contributed by atoms with Crippen LogP contribution in [0.15, 0.2) is 59.4 Å². The standard InChI is InChI=1S/C24H27N5O3/c1-26(2)21(30)17-27-13-8-14-28(16-15-27)24(32)22-19-11-6-7-12-20(19)23(31)29(25-22)18-9-4-3-5-10-18/h3-7,9-12H,8,13-17H2,1-2H3. The van der Waals surface area contributed by atoms with E-state index in [9.17, 15) is 14.4 Å². The molecule has 1 aliphatic heterocycles. The lowest BCUT2D eigenvalue weighted by Gasteiger charge is -2.23. The number of benzene rings is 2. The molecular formula is C24H27N5O3. The van der Waals surface area contributed by atoms with Gasteiger partial charge in [-0.25, -0.2) is 0 Å². The van der Waals surface area contributed by atoms with Crippen LogP contribution in [0.25, 0.3) is 16.5 Å². The fraction of sp³-hybridized carbons (Fsp3) is 0.333. The first-order valence-electron chi connectivity index (χ1n) is 10.7. The molecule has 2 aromatic carbocycles. The number of nitrogens with zero attached hydrogens (tertiary/aromatic N) is 5. The lowest BCUT2D eigenvalue weighted by Crippen LogP contribution is -2.40. The van der Waals surface area contributed by atoms with E-state index in [-0.39, 0.29) is 23.1 Å². The number of carbonyl (C=O) groups excluding carboxylic acids is 2. The van der Waals surface area contributed by atoms with Crippen LogP contribution in [0.4, 0.5) is 0 Å². The Bertz CT molecular complexity index is 1190. The predicted octanol–water partition coefficient (Wildman–Crippen LogP) is 1.62. The Hall–Kier alpha value is -3.52. The van der Waals surface area contributed by atoms with Crippen LogP contribution in [-0.2, 0) is 4.79 Å². The molecule has 32 heavy (non-hydrogen) atoms. The van der Waals surface area contributed by atoms with Gasteiger partial charge >= 0.3 is 0 Å². The summed E-state index contributed by atoms with van der Waals surface area (Å²) in [4.78, 5) is 44.1. The molecule has 4 rings (SSSR count). The molecule has 2 amide bonds. The average molecular weight is 434 g/mol. The molecule has 1 aliphatic rings. The number of aromatic nitrogens is 2. The lowest BCUT2D eigenvalue weighted by atomic mass is 10.1. The predicted molar refractivity (Wildman–Crippen MR) is 123 cm³/mol. The molecule has 166 valence electrons. The van der Waals surface area contributed by atoms with E-state index in [0.29, 0.717) is 42.6 Å². The summed E-state index contributed by atoms with van der Waals surface area (Å²) in [5, 5.41) is 5.52. The summed E-state index contributed by atoms with van der Waals surface area (Å²) in [6.07, 6.45) is 0.767. The van der Waals surface area contributed by atoms with Crippen LogP contribution >= 0.6 is 0 Å². The van der Waals surface area contributed by atoms with Gasteiger partial charge in [0.25, 0.3) is 11.5 Å². The van der Waals surface area contributed by atoms with Crippen molar-refractivity contribution in [3.63, 3.8) is 0 Å². The van der Waals surface area contributed by atoms with E-state index in [1.54, 1.807) is 54.2 Å². The molecule has 1 fully saturated rings. The van der Waals surface area contributed by atoms with Crippen molar-refractivity contribution in [3.8, 4) is 5.69 Å². The quantitative estimate of drug-likeness (QED) is 0.625. The molecule has 2 heterocycles. The average Bonchev–Trinajstić information content (AvgIpc) is 3.05. The third-order valence-corrected chi connectivity index (χ3v) is 5.74. The topological polar surface area (TPSA) is 78.8 Å². The molecule has 0 atom stereocenters. The second kappa shape index (κ2) is 9.32. The molecule has 0 bridgehead atoms. The fourth-order valence-electron chi connectivity index (χ4n) is 3.91. The van der Waals surface area contributed by atoms with E-state index in [1.165, 1.54) is 4.68 Å². The molecule has 0 aliphatic carbocycles. The number of rotatable bonds is 4. The van der Waals surface area contributed by atoms with Crippen LogP contribution in [0.1, 0.15) is 16.9 Å². The van der Waals surface area contributed by atoms with Crippen LogP contribution in [-0.4, -0.2) is 83.1 Å². The minimum Gasteiger partial charge on any atom is -0.348 e. The summed E-state index contributed by atoms with van der Waals surface area (Å²) in [6.45, 7) is 2.78. The van der Waals surface area contributed by atoms with Gasteiger partial charge < -0.3 is 9.80 Å². The third kappa shape index (κ3) is 4.40. The zero-order valence-electron chi connectivity index (χ0n) is 18.4. The first-order chi connectivity index (χ1) is 15.5. The molecule has 8 heteroatoms. The number of hydrogen-bond donors (Lipinski definition) is 0. The zero-order chi connectivity index (χ0) is 22.7. The highest BCUT2D eigenvalue weighted by Crippen LogP contribution is 2.18. The largest absolute Gasteiger partial charge is 0.348 e. The highest BCUT2D eigenvalue weighted by atomic mass is 16.2. The third-order valence-electron chi connectivity index (χ3n) is 5.74. The smallest absolute Gasteiger partial charge is 0.279 e. The van der Waals surface area contributed by atoms with E-state index in [2.05, 4.69) is 10.00 Å². The maximum atomic E-state index is 13.6. The molecule has 1 saturated heterocycles. The first kappa shape index (κ1) is 21.7. The summed E-state index contributed by atoms with van der Waals surface area (Å²) in [5.41, 5.74) is 0.621. The van der Waals surface area contributed by atoms with Crippen LogP contribution in [0.3, 0.4) is 0 Å². The molecule has 0 spiro atoms. The van der Waals surface area contributed by atoms with Gasteiger partial charge in [0.2, 0.25) is 5.91 Å². The highest BCUT2D eigenvalue weighted by Gasteiger charge is 2.25. The SMILES string of the molecule is CN(C)C(=O)CN1CCCN(C(=O)c2nn(-c3ccccc3)c(=O)c3ccccc23)CC1. The Labute approximate surface area is 186 Å². The van der Waals surface area contributed by atoms with Gasteiger partial charge in [-0.2, -0.15) is 9.78 Å². The minimum absolute atomic E-state index is 0.0485. The monoisotopic (exact) mass is 433 g/mol. The van der Waals surface area contributed by atoms with Crippen molar-refractivity contribution >= 4 is 22.6 Å². The maximum Gasteiger partial charge on any atom is 0.279 e. The Kier molecular flexibility index (Phi) is 6.32. The molecule has 0 N–H and O–H groups in total. The van der Waals surface area contributed by atoms with Gasteiger partial charge in [0, 0.05) is 45.7 Å². The van der Waals surface area contributed by atoms with Gasteiger partial charge in [0.15, 0.2) is 5.69 Å². The van der Waals surface area contributed by atoms with Crippen molar-refractivity contribution in [1.82, 2.24) is 24.5 Å². The van der Waals surface area contributed by atoms with Gasteiger partial charge in [-0.15, -0.1) is 0 Å². The van der Waals surface area contributed by atoms with Gasteiger partial charge in [-0.3, -0.25) is 19.3 Å². The highest BCUT2D eigenvalue weighted by molar-refractivity contribution is 6.04. The van der Waals surface area contributed by atoms with Crippen molar-refractivity contribution in [2.45, 2.75) is 6.42 Å². The molecule has 0 radical (unpaired) electrons. The molecule has 8 nitrogen and oxygen atoms in total. The van der Waals surface area contributed by atoms with Crippen molar-refractivity contribution in [2.75, 3.05) is 46.8 Å². The van der Waals surface area contributed by atoms with Gasteiger partial charge in [-0.05, 0) is 24.6 Å². The first-order valence-corrected chi connectivity index (χ1v) is 10.7. The minimum atomic E-state index is -0.257. The van der Waals surface area contributed by atoms with Crippen LogP contribution in [0, 0.1) is 0 Å². The van der Waals surface area contributed by atoms with E-state index in [0.717, 1.165) is 13.0 Å². The van der Waals surface area contributed by atoms with Crippen molar-refractivity contribution in [3.05, 3.63) is 70.6 Å². The summed E-state index contributed by atoms with van der Waals surface area (Å²) < 4.78 is 1.30. The number of amides is 2. The number of hydrogen-bond acceptors (Lipinski definition) is 5. The number of para-hydroxylation sites is 1.